The summed E-state index contributed by atoms with van der Waals surface area (Å²) in [7, 11) is 1.78. The van der Waals surface area contributed by atoms with Gasteiger partial charge in [-0.1, -0.05) is 6.92 Å². The molecule has 0 amide bonds. The van der Waals surface area contributed by atoms with Gasteiger partial charge in [-0.15, -0.1) is 0 Å². The second-order valence-electron chi connectivity index (χ2n) is 4.92. The second kappa shape index (κ2) is 6.19. The highest BCUT2D eigenvalue weighted by Gasteiger charge is 2.32. The zero-order valence-corrected chi connectivity index (χ0v) is 12.5. The Morgan fingerprint density at radius 2 is 2.44 bits per heavy atom. The van der Waals surface area contributed by atoms with Gasteiger partial charge in [-0.25, -0.2) is 0 Å². The molecule has 1 aliphatic rings. The Morgan fingerprint density at radius 3 is 3.00 bits per heavy atom. The van der Waals surface area contributed by atoms with Gasteiger partial charge in [0.2, 0.25) is 0 Å². The van der Waals surface area contributed by atoms with E-state index in [-0.39, 0.29) is 12.1 Å². The van der Waals surface area contributed by atoms with Crippen molar-refractivity contribution in [3.63, 3.8) is 0 Å². The lowest BCUT2D eigenvalue weighted by Gasteiger charge is -2.39. The number of rotatable bonds is 4. The molecule has 0 radical (unpaired) electrons. The number of nitrogens with two attached hydrogens (primary N) is 1. The Kier molecular flexibility index (Phi) is 4.84. The van der Waals surface area contributed by atoms with Crippen molar-refractivity contribution in [1.82, 2.24) is 4.90 Å². The maximum Gasteiger partial charge on any atom is 0.136 e. The van der Waals surface area contributed by atoms with Gasteiger partial charge in [-0.05, 0) is 40.9 Å². The largest absolute Gasteiger partial charge is 0.466 e. The van der Waals surface area contributed by atoms with E-state index in [1.165, 1.54) is 0 Å². The molecule has 102 valence electrons. The maximum absolute atomic E-state index is 5.92. The first-order valence-electron chi connectivity index (χ1n) is 6.37. The molecule has 1 aromatic rings. The van der Waals surface area contributed by atoms with E-state index in [0.29, 0.717) is 12.5 Å². The minimum Gasteiger partial charge on any atom is -0.466 e. The van der Waals surface area contributed by atoms with E-state index in [0.717, 1.165) is 29.7 Å². The van der Waals surface area contributed by atoms with Crippen LogP contribution in [0.4, 0.5) is 0 Å². The third-order valence-electron chi connectivity index (χ3n) is 3.83. The van der Waals surface area contributed by atoms with Crippen LogP contribution in [0.3, 0.4) is 0 Å². The summed E-state index contributed by atoms with van der Waals surface area (Å²) in [5.74, 6) is 1.52. The van der Waals surface area contributed by atoms with Crippen molar-refractivity contribution >= 4 is 15.9 Å². The van der Waals surface area contributed by atoms with Gasteiger partial charge in [0.1, 0.15) is 5.76 Å². The van der Waals surface area contributed by atoms with E-state index in [1.54, 1.807) is 13.4 Å². The van der Waals surface area contributed by atoms with Crippen LogP contribution in [0.25, 0.3) is 0 Å². The van der Waals surface area contributed by atoms with E-state index < -0.39 is 0 Å². The van der Waals surface area contributed by atoms with E-state index >= 15 is 0 Å². The quantitative estimate of drug-likeness (QED) is 0.926. The van der Waals surface area contributed by atoms with Crippen LogP contribution in [0.15, 0.2) is 21.2 Å². The summed E-state index contributed by atoms with van der Waals surface area (Å²) in [5, 5.41) is 0. The Labute approximate surface area is 117 Å². The van der Waals surface area contributed by atoms with Gasteiger partial charge in [0.05, 0.1) is 22.9 Å². The van der Waals surface area contributed by atoms with Gasteiger partial charge >= 0.3 is 0 Å². The highest BCUT2D eigenvalue weighted by Crippen LogP contribution is 2.31. The molecule has 1 aliphatic heterocycles. The van der Waals surface area contributed by atoms with Crippen molar-refractivity contribution in [3.8, 4) is 0 Å². The molecule has 1 aromatic heterocycles. The van der Waals surface area contributed by atoms with Crippen molar-refractivity contribution in [1.29, 1.82) is 0 Å². The molecule has 0 saturated carbocycles. The zero-order valence-electron chi connectivity index (χ0n) is 10.9. The van der Waals surface area contributed by atoms with Gasteiger partial charge < -0.3 is 14.9 Å². The van der Waals surface area contributed by atoms with Gasteiger partial charge in [-0.3, -0.25) is 4.90 Å². The number of hydrogen-bond acceptors (Lipinski definition) is 4. The SMILES string of the molecule is COC1CN(C(CN)c2occc2Br)CCC1C. The van der Waals surface area contributed by atoms with Crippen molar-refractivity contribution < 1.29 is 9.15 Å². The molecular formula is C13H21BrN2O2. The summed E-state index contributed by atoms with van der Waals surface area (Å²) in [6, 6.07) is 2.04. The number of nitrogens with zero attached hydrogens (tertiary/aromatic N) is 1. The number of methoxy groups -OCH3 is 1. The van der Waals surface area contributed by atoms with Crippen molar-refractivity contribution in [3.05, 3.63) is 22.6 Å². The van der Waals surface area contributed by atoms with E-state index in [1.807, 2.05) is 6.07 Å². The third kappa shape index (κ3) is 2.79. The van der Waals surface area contributed by atoms with Crippen LogP contribution in [0, 0.1) is 5.92 Å². The van der Waals surface area contributed by atoms with Gasteiger partial charge in [0.15, 0.2) is 0 Å². The molecule has 1 saturated heterocycles. The average Bonchev–Trinajstić information content (AvgIpc) is 2.79. The minimum atomic E-state index is 0.125. The lowest BCUT2D eigenvalue weighted by Crippen LogP contribution is -2.47. The molecule has 0 spiro atoms. The van der Waals surface area contributed by atoms with Crippen LogP contribution in [0.5, 0.6) is 0 Å². The average molecular weight is 317 g/mol. The fourth-order valence-electron chi connectivity index (χ4n) is 2.61. The Hall–Kier alpha value is -0.360. The molecule has 2 N–H and O–H groups in total. The summed E-state index contributed by atoms with van der Waals surface area (Å²) in [4.78, 5) is 2.36. The van der Waals surface area contributed by atoms with E-state index in [9.17, 15) is 0 Å². The summed E-state index contributed by atoms with van der Waals surface area (Å²) in [6.45, 7) is 4.74. The second-order valence-corrected chi connectivity index (χ2v) is 5.77. The smallest absolute Gasteiger partial charge is 0.136 e. The van der Waals surface area contributed by atoms with Crippen LogP contribution in [-0.2, 0) is 4.74 Å². The lowest BCUT2D eigenvalue weighted by molar-refractivity contribution is -0.0211. The summed E-state index contributed by atoms with van der Waals surface area (Å²) < 4.78 is 12.1. The van der Waals surface area contributed by atoms with Crippen LogP contribution in [0.1, 0.15) is 25.1 Å². The third-order valence-corrected chi connectivity index (χ3v) is 4.49. The standard InChI is InChI=1S/C13H21BrN2O2/c1-9-3-5-16(8-12(9)17-2)11(7-15)13-10(14)4-6-18-13/h4,6,9,11-12H,3,5,7-8,15H2,1-2H3. The molecular weight excluding hydrogens is 296 g/mol. The van der Waals surface area contributed by atoms with Crippen molar-refractivity contribution in [2.75, 3.05) is 26.7 Å². The van der Waals surface area contributed by atoms with Crippen LogP contribution < -0.4 is 5.73 Å². The minimum absolute atomic E-state index is 0.125. The molecule has 0 aliphatic carbocycles. The fourth-order valence-corrected chi connectivity index (χ4v) is 3.08. The topological polar surface area (TPSA) is 51.6 Å². The predicted octanol–water partition coefficient (Wildman–Crippen LogP) is 2.40. The first kappa shape index (κ1) is 14.1. The van der Waals surface area contributed by atoms with Gasteiger partial charge in [0.25, 0.3) is 0 Å². The number of hydrogen-bond donors (Lipinski definition) is 1. The lowest BCUT2D eigenvalue weighted by atomic mass is 9.94. The molecule has 1 fully saturated rings. The Bertz CT molecular complexity index is 383. The number of halogens is 1. The van der Waals surface area contributed by atoms with E-state index in [2.05, 4.69) is 27.8 Å². The van der Waals surface area contributed by atoms with Crippen LogP contribution in [-0.4, -0.2) is 37.7 Å². The number of likely N-dealkylation sites (tertiary alicyclic amines) is 1. The zero-order chi connectivity index (χ0) is 13.1. The first-order chi connectivity index (χ1) is 8.67. The van der Waals surface area contributed by atoms with Crippen molar-refractivity contribution in [2.45, 2.75) is 25.5 Å². The molecule has 2 heterocycles. The predicted molar refractivity (Wildman–Crippen MR) is 74.4 cm³/mol. The summed E-state index contributed by atoms with van der Waals surface area (Å²) in [6.07, 6.45) is 3.11. The monoisotopic (exact) mass is 316 g/mol. The molecule has 3 atom stereocenters. The molecule has 18 heavy (non-hydrogen) atoms. The van der Waals surface area contributed by atoms with Crippen LogP contribution in [0.2, 0.25) is 0 Å². The highest BCUT2D eigenvalue weighted by atomic mass is 79.9. The summed E-state index contributed by atoms with van der Waals surface area (Å²) in [5.41, 5.74) is 5.92. The molecule has 2 rings (SSSR count). The van der Waals surface area contributed by atoms with Crippen LogP contribution >= 0.6 is 15.9 Å². The van der Waals surface area contributed by atoms with Crippen molar-refractivity contribution in [2.24, 2.45) is 11.7 Å². The summed E-state index contributed by atoms with van der Waals surface area (Å²) >= 11 is 3.51. The number of ether oxygens (including phenoxy) is 1. The molecule has 0 bridgehead atoms. The molecule has 0 aromatic carbocycles. The Balaban J connectivity index is 2.12. The maximum atomic E-state index is 5.92. The number of furan rings is 1. The molecule has 4 nitrogen and oxygen atoms in total. The molecule has 5 heteroatoms. The number of piperidine rings is 1. The van der Waals surface area contributed by atoms with Gasteiger partial charge in [0, 0.05) is 20.2 Å². The Morgan fingerprint density at radius 1 is 1.67 bits per heavy atom. The fraction of sp³-hybridized carbons (Fsp3) is 0.692. The normalized spacial score (nSPS) is 27.3. The molecule has 3 unspecified atom stereocenters. The van der Waals surface area contributed by atoms with Gasteiger partial charge in [-0.2, -0.15) is 0 Å². The first-order valence-corrected chi connectivity index (χ1v) is 7.16. The van der Waals surface area contributed by atoms with E-state index in [4.69, 9.17) is 14.9 Å². The highest BCUT2D eigenvalue weighted by molar-refractivity contribution is 9.10.